The minimum atomic E-state index is -0.987. The summed E-state index contributed by atoms with van der Waals surface area (Å²) in [6, 6.07) is -0.853. The summed E-state index contributed by atoms with van der Waals surface area (Å²) in [7, 11) is 0. The van der Waals surface area contributed by atoms with Crippen LogP contribution >= 0.6 is 0 Å². The molecule has 4 unspecified atom stereocenters. The largest absolute Gasteiger partial charge is 0.480 e. The molecule has 0 aliphatic heterocycles. The highest BCUT2D eigenvalue weighted by Gasteiger charge is 2.40. The molecule has 0 spiro atoms. The first-order valence-corrected chi connectivity index (χ1v) is 8.40. The number of carbonyl (C=O) groups is 2. The molecule has 0 radical (unpaired) electrons. The van der Waals surface area contributed by atoms with Crippen LogP contribution in [0.3, 0.4) is 0 Å². The SMILES string of the molecule is CC(C)(C)OCCC(NC(=O)CC1CC2CCC1C2)C(=O)O. The smallest absolute Gasteiger partial charge is 0.326 e. The van der Waals surface area contributed by atoms with E-state index >= 15 is 0 Å². The zero-order chi connectivity index (χ0) is 16.3. The van der Waals surface area contributed by atoms with E-state index in [0.29, 0.717) is 31.3 Å². The Bertz CT molecular complexity index is 415. The molecular formula is C17H29NO4. The maximum absolute atomic E-state index is 12.1. The molecule has 126 valence electrons. The van der Waals surface area contributed by atoms with Gasteiger partial charge in [0.25, 0.3) is 0 Å². The third kappa shape index (κ3) is 4.97. The van der Waals surface area contributed by atoms with Crippen LogP contribution in [-0.2, 0) is 14.3 Å². The van der Waals surface area contributed by atoms with Crippen molar-refractivity contribution in [3.05, 3.63) is 0 Å². The first-order chi connectivity index (χ1) is 10.2. The van der Waals surface area contributed by atoms with Crippen molar-refractivity contribution in [2.45, 2.75) is 70.9 Å². The quantitative estimate of drug-likeness (QED) is 0.758. The maximum Gasteiger partial charge on any atom is 0.326 e. The topological polar surface area (TPSA) is 75.6 Å². The molecule has 2 aliphatic carbocycles. The Kier molecular flexibility index (Phi) is 5.48. The van der Waals surface area contributed by atoms with Crippen molar-refractivity contribution in [1.29, 1.82) is 0 Å². The van der Waals surface area contributed by atoms with Crippen molar-refractivity contribution in [1.82, 2.24) is 5.32 Å². The zero-order valence-corrected chi connectivity index (χ0v) is 13.9. The molecule has 5 nitrogen and oxygen atoms in total. The van der Waals surface area contributed by atoms with Crippen molar-refractivity contribution in [3.63, 3.8) is 0 Å². The van der Waals surface area contributed by atoms with Gasteiger partial charge in [-0.2, -0.15) is 0 Å². The van der Waals surface area contributed by atoms with Crippen LogP contribution in [-0.4, -0.2) is 35.2 Å². The number of amides is 1. The van der Waals surface area contributed by atoms with Crippen LogP contribution in [0.2, 0.25) is 0 Å². The van der Waals surface area contributed by atoms with Crippen LogP contribution in [0.25, 0.3) is 0 Å². The summed E-state index contributed by atoms with van der Waals surface area (Å²) in [4.78, 5) is 23.4. The van der Waals surface area contributed by atoms with Crippen molar-refractivity contribution in [2.24, 2.45) is 17.8 Å². The number of fused-ring (bicyclic) bond motifs is 2. The lowest BCUT2D eigenvalue weighted by molar-refractivity contribution is -0.143. The van der Waals surface area contributed by atoms with Gasteiger partial charge in [-0.1, -0.05) is 6.42 Å². The second-order valence-corrected chi connectivity index (χ2v) is 7.85. The maximum atomic E-state index is 12.1. The highest BCUT2D eigenvalue weighted by molar-refractivity contribution is 5.83. The van der Waals surface area contributed by atoms with Crippen LogP contribution < -0.4 is 5.32 Å². The molecule has 2 fully saturated rings. The molecule has 2 N–H and O–H groups in total. The number of carbonyl (C=O) groups excluding carboxylic acids is 1. The van der Waals surface area contributed by atoms with Gasteiger partial charge in [0.05, 0.1) is 5.60 Å². The number of carboxylic acids is 1. The molecule has 0 aromatic rings. The zero-order valence-electron chi connectivity index (χ0n) is 13.9. The van der Waals surface area contributed by atoms with E-state index in [9.17, 15) is 14.7 Å². The van der Waals surface area contributed by atoms with Crippen LogP contribution in [0.5, 0.6) is 0 Å². The molecule has 2 bridgehead atoms. The Morgan fingerprint density at radius 1 is 1.27 bits per heavy atom. The molecule has 22 heavy (non-hydrogen) atoms. The fraction of sp³-hybridized carbons (Fsp3) is 0.882. The number of ether oxygens (including phenoxy) is 1. The molecule has 0 heterocycles. The number of rotatable bonds is 7. The highest BCUT2D eigenvalue weighted by atomic mass is 16.5. The second-order valence-electron chi connectivity index (χ2n) is 7.85. The average molecular weight is 311 g/mol. The number of aliphatic carboxylic acids is 1. The van der Waals surface area contributed by atoms with Gasteiger partial charge in [-0.05, 0) is 57.8 Å². The molecule has 2 rings (SSSR count). The van der Waals surface area contributed by atoms with Crippen molar-refractivity contribution in [3.8, 4) is 0 Å². The van der Waals surface area contributed by atoms with Gasteiger partial charge in [0.15, 0.2) is 0 Å². The Balaban J connectivity index is 1.75. The van der Waals surface area contributed by atoms with Gasteiger partial charge >= 0.3 is 5.97 Å². The summed E-state index contributed by atoms with van der Waals surface area (Å²) in [6.07, 6.45) is 5.73. The summed E-state index contributed by atoms with van der Waals surface area (Å²) < 4.78 is 5.55. The van der Waals surface area contributed by atoms with Gasteiger partial charge in [-0.3, -0.25) is 4.79 Å². The van der Waals surface area contributed by atoms with E-state index in [0.717, 1.165) is 12.3 Å². The lowest BCUT2D eigenvalue weighted by Crippen LogP contribution is -2.42. The minimum absolute atomic E-state index is 0.124. The van der Waals surface area contributed by atoms with Crippen molar-refractivity contribution >= 4 is 11.9 Å². The minimum Gasteiger partial charge on any atom is -0.480 e. The van der Waals surface area contributed by atoms with Gasteiger partial charge in [0, 0.05) is 19.4 Å². The van der Waals surface area contributed by atoms with Crippen LogP contribution in [0.15, 0.2) is 0 Å². The summed E-state index contributed by atoms with van der Waals surface area (Å²) in [6.45, 7) is 6.11. The monoisotopic (exact) mass is 311 g/mol. The van der Waals surface area contributed by atoms with E-state index in [1.807, 2.05) is 20.8 Å². The number of hydrogen-bond acceptors (Lipinski definition) is 3. The highest BCUT2D eigenvalue weighted by Crippen LogP contribution is 2.49. The fourth-order valence-corrected chi connectivity index (χ4v) is 3.86. The molecular weight excluding hydrogens is 282 g/mol. The second kappa shape index (κ2) is 6.99. The molecule has 0 aromatic carbocycles. The van der Waals surface area contributed by atoms with Crippen LogP contribution in [0.4, 0.5) is 0 Å². The van der Waals surface area contributed by atoms with Crippen LogP contribution in [0.1, 0.15) is 59.3 Å². The Morgan fingerprint density at radius 3 is 2.50 bits per heavy atom. The molecule has 5 heteroatoms. The predicted molar refractivity (Wildman–Crippen MR) is 83.4 cm³/mol. The van der Waals surface area contributed by atoms with Gasteiger partial charge in [-0.15, -0.1) is 0 Å². The Labute approximate surface area is 132 Å². The fourth-order valence-electron chi connectivity index (χ4n) is 3.86. The van der Waals surface area contributed by atoms with E-state index in [-0.39, 0.29) is 11.5 Å². The van der Waals surface area contributed by atoms with Gasteiger partial charge < -0.3 is 15.2 Å². The first kappa shape index (κ1) is 17.3. The van der Waals surface area contributed by atoms with Crippen LogP contribution in [0, 0.1) is 17.8 Å². The lowest BCUT2D eigenvalue weighted by atomic mass is 9.86. The molecule has 0 aromatic heterocycles. The van der Waals surface area contributed by atoms with E-state index in [1.165, 1.54) is 19.3 Å². The molecule has 1 amide bonds. The molecule has 2 aliphatic rings. The summed E-state index contributed by atoms with van der Waals surface area (Å²) in [5, 5.41) is 11.9. The molecule has 2 saturated carbocycles. The number of nitrogens with one attached hydrogen (secondary N) is 1. The third-order valence-corrected chi connectivity index (χ3v) is 4.91. The normalized spacial score (nSPS) is 28.6. The van der Waals surface area contributed by atoms with Gasteiger partial charge in [-0.25, -0.2) is 4.79 Å². The Hall–Kier alpha value is -1.10. The number of carboxylic acid groups (broad SMARTS) is 1. The van der Waals surface area contributed by atoms with E-state index in [2.05, 4.69) is 5.32 Å². The van der Waals surface area contributed by atoms with E-state index in [4.69, 9.17) is 4.74 Å². The van der Waals surface area contributed by atoms with Crippen molar-refractivity contribution < 1.29 is 19.4 Å². The first-order valence-electron chi connectivity index (χ1n) is 8.40. The van der Waals surface area contributed by atoms with Crippen molar-refractivity contribution in [2.75, 3.05) is 6.61 Å². The summed E-state index contributed by atoms with van der Waals surface area (Å²) in [5.41, 5.74) is -0.295. The summed E-state index contributed by atoms with van der Waals surface area (Å²) >= 11 is 0. The standard InChI is InChI=1S/C17H29NO4/c1-17(2,3)22-7-6-14(16(20)21)18-15(19)10-13-9-11-4-5-12(13)8-11/h11-14H,4-10H2,1-3H3,(H,18,19)(H,20,21). The average Bonchev–Trinajstić information content (AvgIpc) is 2.98. The third-order valence-electron chi connectivity index (χ3n) is 4.91. The molecule has 0 saturated heterocycles. The predicted octanol–water partition coefficient (Wildman–Crippen LogP) is 2.59. The van der Waals surface area contributed by atoms with E-state index in [1.54, 1.807) is 0 Å². The lowest BCUT2D eigenvalue weighted by Gasteiger charge is -2.23. The van der Waals surface area contributed by atoms with Gasteiger partial charge in [0.1, 0.15) is 6.04 Å². The number of hydrogen-bond donors (Lipinski definition) is 2. The van der Waals surface area contributed by atoms with Gasteiger partial charge in [0.2, 0.25) is 5.91 Å². The van der Waals surface area contributed by atoms with E-state index < -0.39 is 12.0 Å². The molecule has 4 atom stereocenters. The Morgan fingerprint density at radius 2 is 2.00 bits per heavy atom. The summed E-state index contributed by atoms with van der Waals surface area (Å²) in [5.74, 6) is 0.833.